The lowest BCUT2D eigenvalue weighted by Crippen LogP contribution is -2.15. The van der Waals surface area contributed by atoms with Gasteiger partial charge in [-0.2, -0.15) is 0 Å². The fourth-order valence-electron chi connectivity index (χ4n) is 1.57. The molecular formula is C16H35N. The van der Waals surface area contributed by atoms with Crippen molar-refractivity contribution in [3.63, 3.8) is 0 Å². The van der Waals surface area contributed by atoms with Crippen LogP contribution in [0.1, 0.15) is 67.7 Å². The van der Waals surface area contributed by atoms with Gasteiger partial charge >= 0.3 is 0 Å². The van der Waals surface area contributed by atoms with Crippen LogP contribution in [-0.2, 0) is 0 Å². The average Bonchev–Trinajstić information content (AvgIpc) is 2.40. The summed E-state index contributed by atoms with van der Waals surface area (Å²) >= 11 is 0. The minimum Gasteiger partial charge on any atom is -0.330 e. The highest BCUT2D eigenvalue weighted by Gasteiger charge is 2.07. The summed E-state index contributed by atoms with van der Waals surface area (Å²) in [6, 6.07) is 0. The second-order valence-electron chi connectivity index (χ2n) is 3.33. The summed E-state index contributed by atoms with van der Waals surface area (Å²) in [4.78, 5) is 0. The van der Waals surface area contributed by atoms with Crippen molar-refractivity contribution >= 4 is 0 Å². The molecule has 0 saturated carbocycles. The molecule has 0 aromatic heterocycles. The Kier molecular flexibility index (Phi) is 26.6. The topological polar surface area (TPSA) is 26.0 Å². The van der Waals surface area contributed by atoms with E-state index in [9.17, 15) is 0 Å². The molecule has 0 rings (SSSR count). The Hall–Kier alpha value is -0.560. The third kappa shape index (κ3) is 13.4. The van der Waals surface area contributed by atoms with Crippen molar-refractivity contribution in [3.05, 3.63) is 23.8 Å². The number of nitrogens with two attached hydrogens (primary N) is 1. The smallest absolute Gasteiger partial charge is 0.000836 e. The van der Waals surface area contributed by atoms with Crippen molar-refractivity contribution in [2.24, 2.45) is 11.7 Å². The molecule has 0 amide bonds. The van der Waals surface area contributed by atoms with E-state index in [2.05, 4.69) is 39.0 Å². The van der Waals surface area contributed by atoms with Crippen LogP contribution in [0.5, 0.6) is 0 Å². The maximum atomic E-state index is 5.75. The number of rotatable bonds is 6. The van der Waals surface area contributed by atoms with Crippen molar-refractivity contribution in [1.29, 1.82) is 0 Å². The van der Waals surface area contributed by atoms with E-state index in [0.29, 0.717) is 5.92 Å². The van der Waals surface area contributed by atoms with Crippen LogP contribution in [0.3, 0.4) is 0 Å². The van der Waals surface area contributed by atoms with E-state index in [1.165, 1.54) is 18.4 Å². The highest BCUT2D eigenvalue weighted by atomic mass is 14.5. The van der Waals surface area contributed by atoms with E-state index in [-0.39, 0.29) is 0 Å². The van der Waals surface area contributed by atoms with Gasteiger partial charge in [0.2, 0.25) is 0 Å². The number of hydrogen-bond acceptors (Lipinski definition) is 1. The molecule has 0 radical (unpaired) electrons. The molecule has 0 bridgehead atoms. The molecule has 0 aliphatic heterocycles. The summed E-state index contributed by atoms with van der Waals surface area (Å²) in [5, 5.41) is 0. The van der Waals surface area contributed by atoms with E-state index < -0.39 is 0 Å². The first-order valence-electron chi connectivity index (χ1n) is 7.32. The standard InChI is InChI=1S/C12H23N.2C2H6/c1-4-7-11(8-5-2)12(10-13)9-6-3;2*1-2/h4,7-8,12H,5-6,9-10,13H2,1-3H3;2*1-2H3/b7-4-,11-8+;;. The number of allylic oxidation sites excluding steroid dienone is 3. The number of hydrogen-bond donors (Lipinski definition) is 1. The molecule has 1 heteroatoms. The average molecular weight is 241 g/mol. The van der Waals surface area contributed by atoms with Gasteiger partial charge in [0.05, 0.1) is 0 Å². The Bertz CT molecular complexity index is 168. The highest BCUT2D eigenvalue weighted by Crippen LogP contribution is 2.17. The van der Waals surface area contributed by atoms with Gasteiger partial charge in [0.15, 0.2) is 0 Å². The van der Waals surface area contributed by atoms with Crippen LogP contribution in [0.2, 0.25) is 0 Å². The molecule has 104 valence electrons. The summed E-state index contributed by atoms with van der Waals surface area (Å²) in [6.45, 7) is 15.2. The molecule has 0 heterocycles. The molecule has 0 saturated heterocycles. The van der Waals surface area contributed by atoms with Gasteiger partial charge in [-0.3, -0.25) is 0 Å². The Morgan fingerprint density at radius 2 is 1.65 bits per heavy atom. The van der Waals surface area contributed by atoms with Crippen molar-refractivity contribution in [2.45, 2.75) is 67.7 Å². The lowest BCUT2D eigenvalue weighted by atomic mass is 9.93. The summed E-state index contributed by atoms with van der Waals surface area (Å²) in [6.07, 6.45) is 10.1. The monoisotopic (exact) mass is 241 g/mol. The predicted molar refractivity (Wildman–Crippen MR) is 83.3 cm³/mol. The van der Waals surface area contributed by atoms with Crippen LogP contribution >= 0.6 is 0 Å². The van der Waals surface area contributed by atoms with E-state index in [4.69, 9.17) is 5.73 Å². The molecule has 0 spiro atoms. The maximum Gasteiger partial charge on any atom is -0.000836 e. The zero-order valence-corrected chi connectivity index (χ0v) is 13.2. The molecule has 0 aromatic rings. The van der Waals surface area contributed by atoms with Crippen LogP contribution in [0.4, 0.5) is 0 Å². The van der Waals surface area contributed by atoms with Gasteiger partial charge in [-0.25, -0.2) is 0 Å². The van der Waals surface area contributed by atoms with Gasteiger partial charge in [-0.15, -0.1) is 0 Å². The molecule has 1 atom stereocenters. The first kappa shape index (κ1) is 21.7. The van der Waals surface area contributed by atoms with Gasteiger partial charge in [-0.05, 0) is 37.8 Å². The molecule has 1 nitrogen and oxygen atoms in total. The van der Waals surface area contributed by atoms with E-state index in [0.717, 1.165) is 13.0 Å². The fourth-order valence-corrected chi connectivity index (χ4v) is 1.57. The Morgan fingerprint density at radius 1 is 1.12 bits per heavy atom. The van der Waals surface area contributed by atoms with Gasteiger partial charge in [0, 0.05) is 0 Å². The quantitative estimate of drug-likeness (QED) is 0.625. The third-order valence-corrected chi connectivity index (χ3v) is 2.19. The minimum atomic E-state index is 0.557. The van der Waals surface area contributed by atoms with Crippen LogP contribution in [0.15, 0.2) is 23.8 Å². The van der Waals surface area contributed by atoms with Gasteiger partial charge < -0.3 is 5.73 Å². The molecule has 0 aromatic carbocycles. The van der Waals surface area contributed by atoms with Crippen LogP contribution < -0.4 is 5.73 Å². The zero-order valence-electron chi connectivity index (χ0n) is 13.2. The largest absolute Gasteiger partial charge is 0.330 e. The molecule has 0 aliphatic rings. The van der Waals surface area contributed by atoms with Crippen LogP contribution in [-0.4, -0.2) is 6.54 Å². The predicted octanol–water partition coefficient (Wildman–Crippen LogP) is 5.33. The summed E-state index contributed by atoms with van der Waals surface area (Å²) in [5.41, 5.74) is 7.16. The SMILES string of the molecule is C/C=C\C(=C/CC)C(CN)CCC.CC.CC. The van der Waals surface area contributed by atoms with E-state index >= 15 is 0 Å². The third-order valence-electron chi connectivity index (χ3n) is 2.19. The molecule has 0 fully saturated rings. The van der Waals surface area contributed by atoms with Crippen molar-refractivity contribution < 1.29 is 0 Å². The Labute approximate surface area is 110 Å². The molecule has 0 aliphatic carbocycles. The molecule has 17 heavy (non-hydrogen) atoms. The normalized spacial score (nSPS) is 12.4. The van der Waals surface area contributed by atoms with Gasteiger partial charge in [-0.1, -0.05) is 66.2 Å². The summed E-state index contributed by atoms with van der Waals surface area (Å²) < 4.78 is 0. The zero-order chi connectivity index (χ0) is 14.1. The van der Waals surface area contributed by atoms with Gasteiger partial charge in [0.1, 0.15) is 0 Å². The van der Waals surface area contributed by atoms with Gasteiger partial charge in [0.25, 0.3) is 0 Å². The Morgan fingerprint density at radius 3 is 1.94 bits per heavy atom. The molecule has 2 N–H and O–H groups in total. The lowest BCUT2D eigenvalue weighted by molar-refractivity contribution is 0.569. The van der Waals surface area contributed by atoms with Crippen molar-refractivity contribution in [3.8, 4) is 0 Å². The van der Waals surface area contributed by atoms with Crippen LogP contribution in [0, 0.1) is 5.92 Å². The van der Waals surface area contributed by atoms with Crippen molar-refractivity contribution in [2.75, 3.05) is 6.54 Å². The maximum absolute atomic E-state index is 5.75. The highest BCUT2D eigenvalue weighted by molar-refractivity contribution is 5.21. The summed E-state index contributed by atoms with van der Waals surface area (Å²) in [7, 11) is 0. The fraction of sp³-hybridized carbons (Fsp3) is 0.750. The van der Waals surface area contributed by atoms with E-state index in [1.54, 1.807) is 0 Å². The molecule has 1 unspecified atom stereocenters. The second-order valence-corrected chi connectivity index (χ2v) is 3.33. The second kappa shape index (κ2) is 20.8. The van der Waals surface area contributed by atoms with E-state index in [1.807, 2.05) is 27.7 Å². The minimum absolute atomic E-state index is 0.557. The summed E-state index contributed by atoms with van der Waals surface area (Å²) in [5.74, 6) is 0.557. The van der Waals surface area contributed by atoms with Crippen molar-refractivity contribution in [1.82, 2.24) is 0 Å². The van der Waals surface area contributed by atoms with Crippen LogP contribution in [0.25, 0.3) is 0 Å². The Balaban J connectivity index is -0.000000439. The molecular weight excluding hydrogens is 206 g/mol. The lowest BCUT2D eigenvalue weighted by Gasteiger charge is -2.15. The first-order chi connectivity index (χ1) is 8.29. The first-order valence-corrected chi connectivity index (χ1v) is 7.32.